The lowest BCUT2D eigenvalue weighted by Gasteiger charge is -2.21. The lowest BCUT2D eigenvalue weighted by atomic mass is 10.1. The van der Waals surface area contributed by atoms with Gasteiger partial charge in [-0.15, -0.1) is 0 Å². The monoisotopic (exact) mass is 460 g/mol. The Hall–Kier alpha value is -2.87. The maximum absolute atomic E-state index is 13.6. The minimum absolute atomic E-state index is 0.0154. The first-order chi connectivity index (χ1) is 15.7. The van der Waals surface area contributed by atoms with E-state index in [1.165, 1.54) is 19.1 Å². The first kappa shape index (κ1) is 24.8. The van der Waals surface area contributed by atoms with Gasteiger partial charge >= 0.3 is 6.18 Å². The summed E-state index contributed by atoms with van der Waals surface area (Å²) in [6.45, 7) is 9.18. The molecule has 8 heteroatoms. The highest BCUT2D eigenvalue weighted by atomic mass is 19.4. The van der Waals surface area contributed by atoms with E-state index in [1.54, 1.807) is 28.8 Å². The molecule has 3 rings (SSSR count). The molecule has 0 bridgehead atoms. The minimum Gasteiger partial charge on any atom is -0.354 e. The number of anilines is 1. The summed E-state index contributed by atoms with van der Waals surface area (Å²) in [5.74, 6) is 0.411. The van der Waals surface area contributed by atoms with Crippen LogP contribution in [0.5, 0.6) is 0 Å². The number of halogens is 3. The summed E-state index contributed by atoms with van der Waals surface area (Å²) in [5.41, 5.74) is 1.29. The van der Waals surface area contributed by atoms with Crippen LogP contribution in [-0.2, 0) is 12.7 Å². The summed E-state index contributed by atoms with van der Waals surface area (Å²) in [6, 6.07) is 10.7. The Bertz CT molecular complexity index is 1080. The fourth-order valence-electron chi connectivity index (χ4n) is 4.04. The number of rotatable bonds is 11. The van der Waals surface area contributed by atoms with Crippen LogP contribution in [0, 0.1) is 0 Å². The molecule has 5 nitrogen and oxygen atoms in total. The number of fused-ring (bicyclic) bond motifs is 1. The fourth-order valence-corrected chi connectivity index (χ4v) is 4.04. The summed E-state index contributed by atoms with van der Waals surface area (Å²) in [5, 5.41) is 3.32. The van der Waals surface area contributed by atoms with E-state index in [-0.39, 0.29) is 17.9 Å². The van der Waals surface area contributed by atoms with E-state index < -0.39 is 11.7 Å². The zero-order valence-corrected chi connectivity index (χ0v) is 19.4. The van der Waals surface area contributed by atoms with Crippen molar-refractivity contribution in [2.45, 2.75) is 46.3 Å². The Morgan fingerprint density at radius 1 is 1.06 bits per heavy atom. The molecule has 0 unspecified atom stereocenters. The number of aromatic nitrogens is 2. The lowest BCUT2D eigenvalue weighted by molar-refractivity contribution is -0.138. The van der Waals surface area contributed by atoms with Gasteiger partial charge < -0.3 is 14.8 Å². The van der Waals surface area contributed by atoms with Gasteiger partial charge in [-0.05, 0) is 62.7 Å². The van der Waals surface area contributed by atoms with Gasteiger partial charge in [0.05, 0.1) is 23.1 Å². The first-order valence-corrected chi connectivity index (χ1v) is 11.4. The molecular formula is C25H31F3N4O. The smallest absolute Gasteiger partial charge is 0.354 e. The molecular weight excluding hydrogens is 429 g/mol. The summed E-state index contributed by atoms with van der Waals surface area (Å²) in [6.07, 6.45) is -2.33. The van der Waals surface area contributed by atoms with E-state index in [4.69, 9.17) is 0 Å². The van der Waals surface area contributed by atoms with Crippen LogP contribution in [0.4, 0.5) is 19.1 Å². The highest BCUT2D eigenvalue weighted by Crippen LogP contribution is 2.33. The van der Waals surface area contributed by atoms with Gasteiger partial charge in [-0.25, -0.2) is 4.98 Å². The topological polar surface area (TPSA) is 50.2 Å². The lowest BCUT2D eigenvalue weighted by Crippen LogP contribution is -2.31. The molecule has 0 aliphatic heterocycles. The summed E-state index contributed by atoms with van der Waals surface area (Å²) >= 11 is 0. The van der Waals surface area contributed by atoms with Crippen LogP contribution in [-0.4, -0.2) is 46.4 Å². The standard InChI is InChI=1S/C25H31F3N4O/c1-4-13-31(14-5-2)15-12-29-24-30-22-16-19(18(3)33)10-11-23(22)32(24)17-20-8-6-7-9-21(20)25(26,27)28/h6-11,16H,4-5,12-15,17H2,1-3H3,(H,29,30). The molecule has 0 aliphatic rings. The van der Waals surface area contributed by atoms with Crippen LogP contribution in [0.2, 0.25) is 0 Å². The average molecular weight is 461 g/mol. The van der Waals surface area contributed by atoms with Crippen LogP contribution >= 0.6 is 0 Å². The number of ketones is 1. The molecule has 1 N–H and O–H groups in total. The number of carbonyl (C=O) groups excluding carboxylic acids is 1. The number of hydrogen-bond acceptors (Lipinski definition) is 4. The Morgan fingerprint density at radius 2 is 1.76 bits per heavy atom. The van der Waals surface area contributed by atoms with Gasteiger partial charge in [-0.3, -0.25) is 4.79 Å². The van der Waals surface area contributed by atoms with Crippen LogP contribution in [0.1, 0.15) is 55.1 Å². The third kappa shape index (κ3) is 6.13. The highest BCUT2D eigenvalue weighted by Gasteiger charge is 2.33. The second-order valence-electron chi connectivity index (χ2n) is 8.20. The molecule has 0 saturated carbocycles. The fraction of sp³-hybridized carbons (Fsp3) is 0.440. The molecule has 0 aliphatic carbocycles. The van der Waals surface area contributed by atoms with Crippen molar-refractivity contribution >= 4 is 22.8 Å². The van der Waals surface area contributed by atoms with Crippen molar-refractivity contribution in [2.24, 2.45) is 0 Å². The number of Topliss-reactive ketones (excluding diaryl/α,β-unsaturated/α-hetero) is 1. The first-order valence-electron chi connectivity index (χ1n) is 11.4. The van der Waals surface area contributed by atoms with Gasteiger partial charge in [0.15, 0.2) is 5.78 Å². The van der Waals surface area contributed by atoms with Crippen LogP contribution < -0.4 is 5.32 Å². The molecule has 0 radical (unpaired) electrons. The van der Waals surface area contributed by atoms with Crippen molar-refractivity contribution < 1.29 is 18.0 Å². The molecule has 0 amide bonds. The molecule has 2 aromatic carbocycles. The summed E-state index contributed by atoms with van der Waals surface area (Å²) in [4.78, 5) is 18.8. The Balaban J connectivity index is 1.95. The maximum Gasteiger partial charge on any atom is 0.416 e. The minimum atomic E-state index is -4.44. The zero-order valence-electron chi connectivity index (χ0n) is 19.4. The van der Waals surface area contributed by atoms with Crippen molar-refractivity contribution in [3.8, 4) is 0 Å². The number of carbonyl (C=O) groups is 1. The van der Waals surface area contributed by atoms with E-state index >= 15 is 0 Å². The second kappa shape index (κ2) is 10.8. The predicted molar refractivity (Wildman–Crippen MR) is 126 cm³/mol. The third-order valence-electron chi connectivity index (χ3n) is 5.60. The van der Waals surface area contributed by atoms with Gasteiger partial charge in [0, 0.05) is 18.7 Å². The summed E-state index contributed by atoms with van der Waals surface area (Å²) in [7, 11) is 0. The SMILES string of the molecule is CCCN(CCC)CCNc1nc2cc(C(C)=O)ccc2n1Cc1ccccc1C(F)(F)F. The predicted octanol–water partition coefficient (Wildman–Crippen LogP) is 5.84. The van der Waals surface area contributed by atoms with Crippen molar-refractivity contribution in [3.05, 3.63) is 59.2 Å². The molecule has 178 valence electrons. The summed E-state index contributed by atoms with van der Waals surface area (Å²) < 4.78 is 42.5. The Morgan fingerprint density at radius 3 is 2.39 bits per heavy atom. The van der Waals surface area contributed by atoms with Gasteiger partial charge in [0.25, 0.3) is 0 Å². The van der Waals surface area contributed by atoms with Crippen molar-refractivity contribution in [1.82, 2.24) is 14.5 Å². The number of benzene rings is 2. The largest absolute Gasteiger partial charge is 0.416 e. The van der Waals surface area contributed by atoms with Crippen LogP contribution in [0.15, 0.2) is 42.5 Å². The van der Waals surface area contributed by atoms with Gasteiger partial charge in [-0.2, -0.15) is 13.2 Å². The maximum atomic E-state index is 13.6. The molecule has 3 aromatic rings. The molecule has 0 saturated heterocycles. The van der Waals surface area contributed by atoms with Gasteiger partial charge in [0.2, 0.25) is 5.95 Å². The normalized spacial score (nSPS) is 12.0. The Kier molecular flexibility index (Phi) is 8.13. The zero-order chi connectivity index (χ0) is 24.0. The van der Waals surface area contributed by atoms with Crippen LogP contribution in [0.3, 0.4) is 0 Å². The molecule has 0 fully saturated rings. The molecule has 1 aromatic heterocycles. The number of imidazole rings is 1. The number of nitrogens with one attached hydrogen (secondary N) is 1. The molecule has 1 heterocycles. The van der Waals surface area contributed by atoms with Crippen LogP contribution in [0.25, 0.3) is 11.0 Å². The van der Waals surface area contributed by atoms with Gasteiger partial charge in [0.1, 0.15) is 0 Å². The van der Waals surface area contributed by atoms with Crippen molar-refractivity contribution in [3.63, 3.8) is 0 Å². The van der Waals surface area contributed by atoms with Gasteiger partial charge in [-0.1, -0.05) is 32.0 Å². The number of nitrogens with zero attached hydrogens (tertiary/aromatic N) is 3. The van der Waals surface area contributed by atoms with E-state index in [0.29, 0.717) is 29.1 Å². The second-order valence-corrected chi connectivity index (χ2v) is 8.20. The van der Waals surface area contributed by atoms with Crippen molar-refractivity contribution in [2.75, 3.05) is 31.5 Å². The molecule has 0 atom stereocenters. The van der Waals surface area contributed by atoms with E-state index in [2.05, 4.69) is 29.0 Å². The number of alkyl halides is 3. The highest BCUT2D eigenvalue weighted by molar-refractivity contribution is 5.97. The number of hydrogen-bond donors (Lipinski definition) is 1. The average Bonchev–Trinajstić information content (AvgIpc) is 3.10. The van der Waals surface area contributed by atoms with E-state index in [1.807, 2.05) is 0 Å². The molecule has 33 heavy (non-hydrogen) atoms. The molecule has 0 spiro atoms. The Labute approximate surface area is 192 Å². The quantitative estimate of drug-likeness (QED) is 0.365. The van der Waals surface area contributed by atoms with E-state index in [9.17, 15) is 18.0 Å². The van der Waals surface area contributed by atoms with E-state index in [0.717, 1.165) is 38.5 Å². The van der Waals surface area contributed by atoms with Crippen molar-refractivity contribution in [1.29, 1.82) is 0 Å². The third-order valence-corrected chi connectivity index (χ3v) is 5.60.